The summed E-state index contributed by atoms with van der Waals surface area (Å²) in [6.07, 6.45) is 0.572. The van der Waals surface area contributed by atoms with Crippen LogP contribution in [-0.4, -0.2) is 13.1 Å². The van der Waals surface area contributed by atoms with Gasteiger partial charge in [0, 0.05) is 12.1 Å². The van der Waals surface area contributed by atoms with Crippen molar-refractivity contribution in [3.8, 4) is 0 Å². The van der Waals surface area contributed by atoms with Gasteiger partial charge in [0.05, 0.1) is 0 Å². The van der Waals surface area contributed by atoms with Crippen LogP contribution in [0.3, 0.4) is 0 Å². The molecule has 0 saturated heterocycles. The molecule has 0 unspecified atom stereocenters. The molecular formula is C10H13F2N. The highest BCUT2D eigenvalue weighted by Crippen LogP contribution is 2.11. The van der Waals surface area contributed by atoms with Crippen molar-refractivity contribution in [3.63, 3.8) is 0 Å². The maximum absolute atomic E-state index is 13.1. The first kappa shape index (κ1) is 10.1. The zero-order valence-corrected chi connectivity index (χ0v) is 7.77. The van der Waals surface area contributed by atoms with Crippen LogP contribution >= 0.6 is 0 Å². The van der Waals surface area contributed by atoms with Crippen LogP contribution in [0.15, 0.2) is 18.2 Å². The lowest BCUT2D eigenvalue weighted by molar-refractivity contribution is 0.547. The molecule has 0 aliphatic carbocycles. The van der Waals surface area contributed by atoms with Crippen molar-refractivity contribution in [1.29, 1.82) is 0 Å². The van der Waals surface area contributed by atoms with Crippen LogP contribution < -0.4 is 5.32 Å². The molecule has 3 heteroatoms. The fourth-order valence-corrected chi connectivity index (χ4v) is 1.12. The Morgan fingerprint density at radius 1 is 1.38 bits per heavy atom. The van der Waals surface area contributed by atoms with E-state index in [1.807, 2.05) is 14.0 Å². The van der Waals surface area contributed by atoms with Gasteiger partial charge in [-0.1, -0.05) is 6.07 Å². The Balaban J connectivity index is 2.77. The third-order valence-corrected chi connectivity index (χ3v) is 2.03. The molecule has 72 valence electrons. The van der Waals surface area contributed by atoms with Gasteiger partial charge in [0.1, 0.15) is 11.6 Å². The van der Waals surface area contributed by atoms with Gasteiger partial charge in [0.15, 0.2) is 0 Å². The van der Waals surface area contributed by atoms with E-state index in [9.17, 15) is 8.78 Å². The van der Waals surface area contributed by atoms with Crippen molar-refractivity contribution >= 4 is 0 Å². The van der Waals surface area contributed by atoms with Crippen LogP contribution in [0.1, 0.15) is 12.5 Å². The third-order valence-electron chi connectivity index (χ3n) is 2.03. The maximum atomic E-state index is 13.1. The summed E-state index contributed by atoms with van der Waals surface area (Å²) in [6.45, 7) is 1.95. The van der Waals surface area contributed by atoms with E-state index in [0.29, 0.717) is 12.0 Å². The zero-order valence-electron chi connectivity index (χ0n) is 7.77. The number of benzene rings is 1. The number of halogens is 2. The summed E-state index contributed by atoms with van der Waals surface area (Å²) in [5.74, 6) is -1.000. The van der Waals surface area contributed by atoms with E-state index < -0.39 is 11.6 Å². The van der Waals surface area contributed by atoms with Crippen LogP contribution in [-0.2, 0) is 6.42 Å². The Hall–Kier alpha value is -0.960. The molecule has 0 aliphatic rings. The molecule has 1 aromatic carbocycles. The highest BCUT2D eigenvalue weighted by atomic mass is 19.1. The number of likely N-dealkylation sites (N-methyl/N-ethyl adjacent to an activating group) is 1. The van der Waals surface area contributed by atoms with Crippen molar-refractivity contribution in [2.24, 2.45) is 0 Å². The molecule has 13 heavy (non-hydrogen) atoms. The number of hydrogen-bond acceptors (Lipinski definition) is 1. The molecule has 1 N–H and O–H groups in total. The minimum absolute atomic E-state index is 0.194. The lowest BCUT2D eigenvalue weighted by Gasteiger charge is -2.10. The first-order valence-corrected chi connectivity index (χ1v) is 4.24. The van der Waals surface area contributed by atoms with E-state index in [1.54, 1.807) is 0 Å². The minimum Gasteiger partial charge on any atom is -0.317 e. The van der Waals surface area contributed by atoms with Gasteiger partial charge in [-0.2, -0.15) is 0 Å². The summed E-state index contributed by atoms with van der Waals surface area (Å²) in [5, 5.41) is 2.99. The van der Waals surface area contributed by atoms with E-state index in [0.717, 1.165) is 6.07 Å². The normalized spacial score (nSPS) is 12.9. The highest BCUT2D eigenvalue weighted by Gasteiger charge is 2.06. The largest absolute Gasteiger partial charge is 0.317 e. The monoisotopic (exact) mass is 185 g/mol. The Labute approximate surface area is 76.8 Å². The lowest BCUT2D eigenvalue weighted by atomic mass is 10.1. The fraction of sp³-hybridized carbons (Fsp3) is 0.400. The van der Waals surface area contributed by atoms with Crippen LogP contribution in [0.2, 0.25) is 0 Å². The summed E-state index contributed by atoms with van der Waals surface area (Å²) in [6, 6.07) is 3.87. The third kappa shape index (κ3) is 2.77. The molecule has 1 aromatic rings. The molecule has 1 rings (SSSR count). The van der Waals surface area contributed by atoms with Crippen LogP contribution in [0, 0.1) is 11.6 Å². The topological polar surface area (TPSA) is 12.0 Å². The van der Waals surface area contributed by atoms with Gasteiger partial charge < -0.3 is 5.32 Å². The van der Waals surface area contributed by atoms with Crippen molar-refractivity contribution in [3.05, 3.63) is 35.4 Å². The smallest absolute Gasteiger partial charge is 0.129 e. The average molecular weight is 185 g/mol. The second-order valence-corrected chi connectivity index (χ2v) is 3.13. The van der Waals surface area contributed by atoms with Crippen molar-refractivity contribution in [1.82, 2.24) is 5.32 Å². The van der Waals surface area contributed by atoms with E-state index in [1.165, 1.54) is 12.1 Å². The molecule has 1 atom stereocenters. The number of nitrogens with one attached hydrogen (secondary N) is 1. The van der Waals surface area contributed by atoms with Crippen LogP contribution in [0.25, 0.3) is 0 Å². The first-order valence-electron chi connectivity index (χ1n) is 4.24. The molecule has 0 radical (unpaired) electrons. The predicted octanol–water partition coefficient (Wildman–Crippen LogP) is 2.12. The molecule has 0 saturated carbocycles. The zero-order chi connectivity index (χ0) is 9.84. The molecule has 0 amide bonds. The van der Waals surface area contributed by atoms with E-state index in [-0.39, 0.29) is 6.04 Å². The van der Waals surface area contributed by atoms with Gasteiger partial charge in [0.2, 0.25) is 0 Å². The van der Waals surface area contributed by atoms with Gasteiger partial charge in [0.25, 0.3) is 0 Å². The molecule has 0 heterocycles. The molecular weight excluding hydrogens is 172 g/mol. The quantitative estimate of drug-likeness (QED) is 0.760. The second kappa shape index (κ2) is 4.33. The van der Waals surface area contributed by atoms with Gasteiger partial charge in [-0.25, -0.2) is 8.78 Å². The predicted molar refractivity (Wildman–Crippen MR) is 48.6 cm³/mol. The van der Waals surface area contributed by atoms with Crippen molar-refractivity contribution in [2.75, 3.05) is 7.05 Å². The van der Waals surface area contributed by atoms with Gasteiger partial charge >= 0.3 is 0 Å². The Kier molecular flexibility index (Phi) is 3.37. The fourth-order valence-electron chi connectivity index (χ4n) is 1.12. The van der Waals surface area contributed by atoms with E-state index in [2.05, 4.69) is 5.32 Å². The van der Waals surface area contributed by atoms with Crippen molar-refractivity contribution < 1.29 is 8.78 Å². The molecule has 1 nitrogen and oxygen atoms in total. The van der Waals surface area contributed by atoms with Crippen LogP contribution in [0.4, 0.5) is 8.78 Å². The van der Waals surface area contributed by atoms with Crippen LogP contribution in [0.5, 0.6) is 0 Å². The summed E-state index contributed by atoms with van der Waals surface area (Å²) >= 11 is 0. The van der Waals surface area contributed by atoms with Crippen molar-refractivity contribution in [2.45, 2.75) is 19.4 Å². The minimum atomic E-state index is -0.529. The van der Waals surface area contributed by atoms with Gasteiger partial charge in [-0.15, -0.1) is 0 Å². The first-order chi connectivity index (χ1) is 6.13. The van der Waals surface area contributed by atoms with E-state index in [4.69, 9.17) is 0 Å². The molecule has 0 aromatic heterocycles. The standard InChI is InChI=1S/C10H13F2N/c1-7(13-2)5-8-3-4-9(11)6-10(8)12/h3-4,6-7,13H,5H2,1-2H3/t7-/m0/s1. The summed E-state index contributed by atoms with van der Waals surface area (Å²) in [7, 11) is 1.81. The maximum Gasteiger partial charge on any atom is 0.129 e. The molecule has 0 spiro atoms. The Morgan fingerprint density at radius 3 is 2.62 bits per heavy atom. The Bertz CT molecular complexity index is 286. The number of hydrogen-bond donors (Lipinski definition) is 1. The SMILES string of the molecule is CN[C@@H](C)Cc1ccc(F)cc1F. The second-order valence-electron chi connectivity index (χ2n) is 3.13. The number of rotatable bonds is 3. The highest BCUT2D eigenvalue weighted by molar-refractivity contribution is 5.19. The Morgan fingerprint density at radius 2 is 2.08 bits per heavy atom. The average Bonchev–Trinajstić information content (AvgIpc) is 2.09. The van der Waals surface area contributed by atoms with Gasteiger partial charge in [-0.3, -0.25) is 0 Å². The summed E-state index contributed by atoms with van der Waals surface area (Å²) in [5.41, 5.74) is 0.545. The molecule has 0 fully saturated rings. The summed E-state index contributed by atoms with van der Waals surface area (Å²) < 4.78 is 25.6. The van der Waals surface area contributed by atoms with Gasteiger partial charge in [-0.05, 0) is 32.0 Å². The molecule has 0 aliphatic heterocycles. The van der Waals surface area contributed by atoms with E-state index >= 15 is 0 Å². The lowest BCUT2D eigenvalue weighted by Crippen LogP contribution is -2.23. The molecule has 0 bridgehead atoms. The summed E-state index contributed by atoms with van der Waals surface area (Å²) in [4.78, 5) is 0.